The van der Waals surface area contributed by atoms with Crippen LogP contribution in [0, 0.1) is 11.8 Å². The van der Waals surface area contributed by atoms with Gasteiger partial charge in [0.25, 0.3) is 5.91 Å². The monoisotopic (exact) mass is 785 g/mol. The normalized spacial score (nSPS) is 31.0. The minimum atomic E-state index is -1.41. The lowest BCUT2D eigenvalue weighted by Gasteiger charge is -2.33. The lowest BCUT2D eigenvalue weighted by Crippen LogP contribution is -2.57. The van der Waals surface area contributed by atoms with Crippen molar-refractivity contribution in [3.63, 3.8) is 0 Å². The van der Waals surface area contributed by atoms with Crippen LogP contribution < -0.4 is 21.7 Å². The summed E-state index contributed by atoms with van der Waals surface area (Å²) in [5.74, 6) is -5.24. The number of hydrogen-bond donors (Lipinski definition) is 11. The van der Waals surface area contributed by atoms with Crippen LogP contribution in [0.5, 0.6) is 0 Å². The summed E-state index contributed by atoms with van der Waals surface area (Å²) in [5, 5.41) is 74.0. The summed E-state index contributed by atoms with van der Waals surface area (Å²) >= 11 is 0. The number of urea groups is 1. The molecule has 6 amide bonds. The van der Waals surface area contributed by atoms with Crippen molar-refractivity contribution in [2.24, 2.45) is 22.6 Å². The molecular weight excluding hydrogens is 734 g/mol. The molecule has 3 fully saturated rings. The molecule has 12 N–H and O–H groups in total. The second-order valence-corrected chi connectivity index (χ2v) is 13.1. The Labute approximate surface area is 315 Å². The number of nitrogens with zero attached hydrogens (tertiary/aromatic N) is 3. The number of carboxylic acid groups (broad SMARTS) is 1. The van der Waals surface area contributed by atoms with Crippen LogP contribution in [0.15, 0.2) is 29.5 Å². The van der Waals surface area contributed by atoms with E-state index in [1.54, 1.807) is 0 Å². The highest BCUT2D eigenvalue weighted by Crippen LogP contribution is 2.30. The van der Waals surface area contributed by atoms with E-state index in [0.29, 0.717) is 6.42 Å². The van der Waals surface area contributed by atoms with Gasteiger partial charge >= 0.3 is 12.0 Å². The Bertz CT molecular complexity index is 1460. The number of amides is 6. The lowest BCUT2D eigenvalue weighted by molar-refractivity contribution is -0.134. The van der Waals surface area contributed by atoms with Crippen LogP contribution in [0.2, 0.25) is 0 Å². The maximum Gasteiger partial charge on any atom is 0.329 e. The minimum Gasteiger partial charge on any atom is -0.478 e. The fourth-order valence-corrected chi connectivity index (χ4v) is 6.14. The number of imide groups is 1. The number of aliphatic hydroxyl groups is 6. The summed E-state index contributed by atoms with van der Waals surface area (Å²) in [6.45, 7) is 1.28. The first-order valence-electron chi connectivity index (χ1n) is 17.8. The van der Waals surface area contributed by atoms with Gasteiger partial charge in [-0.25, -0.2) is 9.59 Å². The summed E-state index contributed by atoms with van der Waals surface area (Å²) in [7, 11) is 0. The summed E-state index contributed by atoms with van der Waals surface area (Å²) < 4.78 is 10.7. The van der Waals surface area contributed by atoms with Crippen molar-refractivity contribution in [1.29, 1.82) is 0 Å². The highest BCUT2D eigenvalue weighted by atomic mass is 16.6. The molecule has 0 radical (unpaired) electrons. The van der Waals surface area contributed by atoms with E-state index >= 15 is 0 Å². The van der Waals surface area contributed by atoms with E-state index < -0.39 is 104 Å². The molecule has 4 heterocycles. The van der Waals surface area contributed by atoms with E-state index in [-0.39, 0.29) is 38.0 Å². The average Bonchev–Trinajstić information content (AvgIpc) is 3.60. The third-order valence-electron chi connectivity index (χ3n) is 9.21. The number of aliphatic carboxylic acids is 1. The molecule has 22 heteroatoms. The Morgan fingerprint density at radius 2 is 1.40 bits per heavy atom. The third-order valence-corrected chi connectivity index (χ3v) is 9.21. The molecule has 55 heavy (non-hydrogen) atoms. The number of aliphatic imine (C=N–C) groups is 1. The second kappa shape index (κ2) is 21.5. The van der Waals surface area contributed by atoms with Crippen LogP contribution in [0.1, 0.15) is 39.0 Å². The number of ether oxygens (including phenoxy) is 2. The fourth-order valence-electron chi connectivity index (χ4n) is 6.14. The number of hydrogen-bond acceptors (Lipinski definition) is 16. The third kappa shape index (κ3) is 12.5. The van der Waals surface area contributed by atoms with Gasteiger partial charge in [-0.1, -0.05) is 26.2 Å². The number of rotatable bonds is 16. The van der Waals surface area contributed by atoms with E-state index in [1.807, 2.05) is 0 Å². The number of carboxylic acids is 1. The van der Waals surface area contributed by atoms with Gasteiger partial charge in [0, 0.05) is 57.2 Å². The molecule has 4 aliphatic heterocycles. The molecule has 0 aromatic carbocycles. The topological polar surface area (TPSA) is 343 Å². The number of guanidine groups is 1. The standard InChI is InChI=1S/C21H34N4O8.C12H17N3O7/c1-2-3-4-5-6-15(27)22-8-9-23-16(28)7-10-25-11-13(20(31)24-21(25)32)19-18(30)17(29)14(12-26)33-19;13-12-14-11(21)5(3-15(12)2-1-7(17)18)10-9(20)8(19)6(4-16)22-10/h7,10,13-14,17-19,26,29-30H,2-6,8-9,11-12H2,1H3,(H,22,27)(H,23,28)(H,24,31,32);1-2,5-6,8-10,16,19-20H,3-4H2,(H,17,18)(H2,13,14,21)/b10-7+;2-1+. The summed E-state index contributed by atoms with van der Waals surface area (Å²) in [6, 6.07) is -0.748. The molecule has 22 nitrogen and oxygen atoms in total. The molecule has 0 bridgehead atoms. The molecule has 3 saturated heterocycles. The zero-order chi connectivity index (χ0) is 40.8. The molecule has 4 aliphatic rings. The molecule has 0 spiro atoms. The predicted octanol–water partition coefficient (Wildman–Crippen LogP) is -4.81. The maximum atomic E-state index is 12.2. The number of unbranched alkanes of at least 4 members (excludes halogenated alkanes) is 3. The van der Waals surface area contributed by atoms with Crippen LogP contribution in [0.3, 0.4) is 0 Å². The van der Waals surface area contributed by atoms with E-state index in [4.69, 9.17) is 25.4 Å². The van der Waals surface area contributed by atoms with Gasteiger partial charge in [0.05, 0.1) is 31.2 Å². The smallest absolute Gasteiger partial charge is 0.329 e. The van der Waals surface area contributed by atoms with E-state index in [0.717, 1.165) is 48.9 Å². The van der Waals surface area contributed by atoms with Crippen LogP contribution in [0.4, 0.5) is 4.79 Å². The number of nitrogens with two attached hydrogens (primary N) is 1. The lowest BCUT2D eigenvalue weighted by atomic mass is 9.93. The van der Waals surface area contributed by atoms with Gasteiger partial charge in [-0.05, 0) is 6.42 Å². The Balaban J connectivity index is 0.000000320. The molecule has 0 aromatic heterocycles. The van der Waals surface area contributed by atoms with Crippen molar-refractivity contribution in [2.75, 3.05) is 39.4 Å². The largest absolute Gasteiger partial charge is 0.478 e. The molecule has 4 rings (SSSR count). The molecular formula is C33H51N7O15. The molecule has 0 aliphatic carbocycles. The fraction of sp³-hybridized carbons (Fsp3) is 0.667. The van der Waals surface area contributed by atoms with Gasteiger partial charge in [0.15, 0.2) is 0 Å². The zero-order valence-electron chi connectivity index (χ0n) is 30.2. The Morgan fingerprint density at radius 1 is 0.836 bits per heavy atom. The molecule has 308 valence electrons. The Morgan fingerprint density at radius 3 is 1.96 bits per heavy atom. The van der Waals surface area contributed by atoms with Gasteiger partial charge in [-0.3, -0.25) is 29.4 Å². The quantitative estimate of drug-likeness (QED) is 0.0516. The van der Waals surface area contributed by atoms with Gasteiger partial charge in [0.1, 0.15) is 42.7 Å². The molecule has 0 aromatic rings. The SMILES string of the molecule is CCCCCCC(=O)NCCNC(=O)/C=C/N1CC(C2OC(CO)C(O)C2O)C(=O)NC1=O.NC1=NC(=O)C(C2OC(CO)C(O)C2O)CN1/C=C/C(=O)O. The number of carbonyl (C=O) groups excluding carboxylic acids is 5. The van der Waals surface area contributed by atoms with Crippen molar-refractivity contribution in [2.45, 2.75) is 87.9 Å². The minimum absolute atomic E-state index is 0.0649. The first kappa shape index (κ1) is 44.8. The summed E-state index contributed by atoms with van der Waals surface area (Å²) in [6.07, 6.45) is -0.956. The number of nitrogens with one attached hydrogen (secondary N) is 3. The van der Waals surface area contributed by atoms with Crippen LogP contribution in [0.25, 0.3) is 0 Å². The first-order chi connectivity index (χ1) is 26.1. The average molecular weight is 786 g/mol. The first-order valence-corrected chi connectivity index (χ1v) is 17.8. The van der Waals surface area contributed by atoms with E-state index in [9.17, 15) is 54.3 Å². The van der Waals surface area contributed by atoms with Gasteiger partial charge in [0.2, 0.25) is 23.7 Å². The Kier molecular flexibility index (Phi) is 17.5. The van der Waals surface area contributed by atoms with Gasteiger partial charge in [-0.2, -0.15) is 4.99 Å². The predicted molar refractivity (Wildman–Crippen MR) is 187 cm³/mol. The van der Waals surface area contributed by atoms with Gasteiger partial charge in [-0.15, -0.1) is 0 Å². The molecule has 10 unspecified atom stereocenters. The highest BCUT2D eigenvalue weighted by molar-refractivity contribution is 5.99. The number of aliphatic hydroxyl groups excluding tert-OH is 6. The summed E-state index contributed by atoms with van der Waals surface area (Å²) in [4.78, 5) is 76.4. The van der Waals surface area contributed by atoms with Crippen LogP contribution in [-0.2, 0) is 33.4 Å². The van der Waals surface area contributed by atoms with Crippen molar-refractivity contribution in [3.05, 3.63) is 24.6 Å². The highest BCUT2D eigenvalue weighted by Gasteiger charge is 2.51. The molecule has 0 saturated carbocycles. The van der Waals surface area contributed by atoms with Crippen molar-refractivity contribution >= 4 is 41.6 Å². The van der Waals surface area contributed by atoms with Crippen LogP contribution >= 0.6 is 0 Å². The van der Waals surface area contributed by atoms with E-state index in [2.05, 4.69) is 27.9 Å². The molecule has 10 atom stereocenters. The van der Waals surface area contributed by atoms with E-state index in [1.165, 1.54) is 11.1 Å². The maximum absolute atomic E-state index is 12.2. The zero-order valence-corrected chi connectivity index (χ0v) is 30.2. The van der Waals surface area contributed by atoms with Crippen molar-refractivity contribution in [3.8, 4) is 0 Å². The van der Waals surface area contributed by atoms with Crippen molar-refractivity contribution in [1.82, 2.24) is 25.8 Å². The van der Waals surface area contributed by atoms with Gasteiger partial charge < -0.3 is 66.5 Å². The van der Waals surface area contributed by atoms with Crippen molar-refractivity contribution < 1.29 is 74.0 Å². The summed E-state index contributed by atoms with van der Waals surface area (Å²) in [5.41, 5.74) is 5.55. The second-order valence-electron chi connectivity index (χ2n) is 13.1. The van der Waals surface area contributed by atoms with Crippen LogP contribution in [-0.4, -0.2) is 175 Å². The Hall–Kier alpha value is -4.55. The number of carbonyl (C=O) groups is 6.